The van der Waals surface area contributed by atoms with Crippen LogP contribution in [0.15, 0.2) is 0 Å². The van der Waals surface area contributed by atoms with Crippen molar-refractivity contribution < 1.29 is 0 Å². The van der Waals surface area contributed by atoms with Gasteiger partial charge in [0.2, 0.25) is 0 Å². The lowest BCUT2D eigenvalue weighted by molar-refractivity contribution is 0.732. The van der Waals surface area contributed by atoms with Gasteiger partial charge < -0.3 is 0 Å². The van der Waals surface area contributed by atoms with E-state index in [0.29, 0.717) is 0 Å². The van der Waals surface area contributed by atoms with Crippen LogP contribution in [0.1, 0.15) is 27.7 Å². The predicted octanol–water partition coefficient (Wildman–Crippen LogP) is 3.45. The van der Waals surface area contributed by atoms with Gasteiger partial charge in [-0.2, -0.15) is 7.80 Å². The van der Waals surface area contributed by atoms with Gasteiger partial charge in [0, 0.05) is 0 Å². The standard InChI is InChI=1S/C9H21BP/c1-8(2)6-10-11(5)7-9(3)4/h8-9H,6-7H2,1-5H3. The Morgan fingerprint density at radius 1 is 1.09 bits per heavy atom. The Morgan fingerprint density at radius 2 is 1.64 bits per heavy atom. The van der Waals surface area contributed by atoms with E-state index in [1.807, 2.05) is 0 Å². The Labute approximate surface area is 74.1 Å². The molecule has 0 saturated carbocycles. The molecule has 0 aliphatic rings. The molecule has 1 radical (unpaired) electrons. The molecule has 0 amide bonds. The van der Waals surface area contributed by atoms with Crippen LogP contribution in [-0.4, -0.2) is 19.8 Å². The topological polar surface area (TPSA) is 0 Å². The second kappa shape index (κ2) is 6.06. The van der Waals surface area contributed by atoms with Gasteiger partial charge in [-0.3, -0.25) is 0 Å². The predicted molar refractivity (Wildman–Crippen MR) is 57.9 cm³/mol. The lowest BCUT2D eigenvalue weighted by atomic mass is 9.93. The summed E-state index contributed by atoms with van der Waals surface area (Å²) in [6.45, 7) is 14.1. The highest BCUT2D eigenvalue weighted by molar-refractivity contribution is 7.85. The summed E-state index contributed by atoms with van der Waals surface area (Å²) < 4.78 is 0. The van der Waals surface area contributed by atoms with Crippen LogP contribution in [0.2, 0.25) is 6.32 Å². The third-order valence-electron chi connectivity index (χ3n) is 1.54. The molecule has 1 atom stereocenters. The van der Waals surface area contributed by atoms with E-state index in [1.165, 1.54) is 12.5 Å². The molecule has 0 nitrogen and oxygen atoms in total. The zero-order valence-electron chi connectivity index (χ0n) is 8.59. The minimum absolute atomic E-state index is 0.222. The molecule has 2 heteroatoms. The van der Waals surface area contributed by atoms with Crippen molar-refractivity contribution in [2.24, 2.45) is 11.8 Å². The molecule has 1 unspecified atom stereocenters. The SMILES string of the molecule is CC(C)C[B]P(C)CC(C)C. The van der Waals surface area contributed by atoms with Crippen LogP contribution in [0.5, 0.6) is 0 Å². The Bertz CT molecular complexity index is 91.6. The van der Waals surface area contributed by atoms with Crippen molar-refractivity contribution in [1.82, 2.24) is 0 Å². The van der Waals surface area contributed by atoms with E-state index < -0.39 is 0 Å². The van der Waals surface area contributed by atoms with E-state index in [2.05, 4.69) is 41.4 Å². The van der Waals surface area contributed by atoms with Crippen molar-refractivity contribution in [3.05, 3.63) is 0 Å². The molecule has 0 aliphatic heterocycles. The monoisotopic (exact) mass is 171 g/mol. The summed E-state index contributed by atoms with van der Waals surface area (Å²) in [4.78, 5) is 0. The van der Waals surface area contributed by atoms with Crippen molar-refractivity contribution in [3.63, 3.8) is 0 Å². The van der Waals surface area contributed by atoms with Gasteiger partial charge >= 0.3 is 0 Å². The van der Waals surface area contributed by atoms with E-state index in [-0.39, 0.29) is 7.80 Å². The minimum atomic E-state index is 0.222. The van der Waals surface area contributed by atoms with E-state index in [4.69, 9.17) is 0 Å². The molecule has 0 fully saturated rings. The lowest BCUT2D eigenvalue weighted by Gasteiger charge is -2.14. The third-order valence-corrected chi connectivity index (χ3v) is 3.68. The molecule has 0 aliphatic carbocycles. The average molecular weight is 171 g/mol. The zero-order valence-corrected chi connectivity index (χ0v) is 9.49. The Morgan fingerprint density at radius 3 is 2.00 bits per heavy atom. The van der Waals surface area contributed by atoms with Crippen molar-refractivity contribution in [2.75, 3.05) is 12.8 Å². The summed E-state index contributed by atoms with van der Waals surface area (Å²) in [7, 11) is 0.222. The molecule has 0 aromatic heterocycles. The maximum atomic E-state index is 2.53. The molecular formula is C9H21BP. The van der Waals surface area contributed by atoms with Crippen molar-refractivity contribution >= 4 is 14.8 Å². The van der Waals surface area contributed by atoms with Gasteiger partial charge in [0.05, 0.1) is 0 Å². The highest BCUT2D eigenvalue weighted by Gasteiger charge is 2.06. The minimum Gasteiger partial charge on any atom is -0.151 e. The van der Waals surface area contributed by atoms with Crippen LogP contribution >= 0.6 is 7.80 Å². The summed E-state index contributed by atoms with van der Waals surface area (Å²) >= 11 is 0. The molecule has 0 rings (SSSR count). The molecule has 0 saturated heterocycles. The fraction of sp³-hybridized carbons (Fsp3) is 1.00. The first-order valence-electron chi connectivity index (χ1n) is 4.56. The first-order valence-corrected chi connectivity index (χ1v) is 6.60. The van der Waals surface area contributed by atoms with Gasteiger partial charge in [0.25, 0.3) is 0 Å². The summed E-state index contributed by atoms with van der Waals surface area (Å²) in [6.07, 6.45) is 2.71. The quantitative estimate of drug-likeness (QED) is 0.439. The maximum absolute atomic E-state index is 2.53. The molecule has 0 aromatic carbocycles. The van der Waals surface area contributed by atoms with Gasteiger partial charge in [0.15, 0.2) is 0 Å². The third kappa shape index (κ3) is 8.40. The highest BCUT2D eigenvalue weighted by atomic mass is 31.1. The first kappa shape index (κ1) is 11.5. The van der Waals surface area contributed by atoms with Gasteiger partial charge in [-0.15, -0.1) is 0 Å². The Kier molecular flexibility index (Phi) is 6.33. The molecule has 0 bridgehead atoms. The zero-order chi connectivity index (χ0) is 8.85. The van der Waals surface area contributed by atoms with Crippen LogP contribution in [0.3, 0.4) is 0 Å². The fourth-order valence-corrected chi connectivity index (χ4v) is 3.12. The number of rotatable bonds is 5. The molecule has 0 N–H and O–H groups in total. The average Bonchev–Trinajstić information content (AvgIpc) is 1.82. The summed E-state index contributed by atoms with van der Waals surface area (Å²) in [5.74, 6) is 1.71. The molecule has 0 heterocycles. The van der Waals surface area contributed by atoms with Crippen LogP contribution in [0.4, 0.5) is 0 Å². The van der Waals surface area contributed by atoms with Crippen LogP contribution in [0, 0.1) is 11.8 Å². The normalized spacial score (nSPS) is 14.1. The summed E-state index contributed by atoms with van der Waals surface area (Å²) in [6, 6.07) is 0. The van der Waals surface area contributed by atoms with Crippen molar-refractivity contribution in [3.8, 4) is 0 Å². The van der Waals surface area contributed by atoms with Gasteiger partial charge in [-0.25, -0.2) is 0 Å². The summed E-state index contributed by atoms with van der Waals surface area (Å²) in [5, 5.41) is 0. The Balaban J connectivity index is 3.29. The van der Waals surface area contributed by atoms with Gasteiger partial charge in [-0.05, 0) is 12.1 Å². The smallest absolute Gasteiger partial charge is 0.146 e. The molecule has 65 valence electrons. The second-order valence-corrected chi connectivity index (χ2v) is 6.39. The first-order chi connectivity index (χ1) is 5.02. The summed E-state index contributed by atoms with van der Waals surface area (Å²) in [5.41, 5.74) is 0. The number of hydrogen-bond donors (Lipinski definition) is 0. The molecular weight excluding hydrogens is 150 g/mol. The Hall–Kier alpha value is 0.495. The largest absolute Gasteiger partial charge is 0.151 e. The van der Waals surface area contributed by atoms with E-state index in [9.17, 15) is 0 Å². The van der Waals surface area contributed by atoms with Crippen LogP contribution in [0.25, 0.3) is 0 Å². The maximum Gasteiger partial charge on any atom is 0.146 e. The van der Waals surface area contributed by atoms with E-state index >= 15 is 0 Å². The van der Waals surface area contributed by atoms with Crippen LogP contribution in [-0.2, 0) is 0 Å². The van der Waals surface area contributed by atoms with Crippen molar-refractivity contribution in [2.45, 2.75) is 34.0 Å². The van der Waals surface area contributed by atoms with Gasteiger partial charge in [0.1, 0.15) is 7.00 Å². The second-order valence-electron chi connectivity index (χ2n) is 4.15. The number of hydrogen-bond acceptors (Lipinski definition) is 0. The fourth-order valence-electron chi connectivity index (χ4n) is 1.04. The van der Waals surface area contributed by atoms with Crippen LogP contribution < -0.4 is 0 Å². The molecule has 0 aromatic rings. The molecule has 0 spiro atoms. The van der Waals surface area contributed by atoms with E-state index in [0.717, 1.165) is 11.8 Å². The van der Waals surface area contributed by atoms with Gasteiger partial charge in [-0.1, -0.05) is 46.6 Å². The highest BCUT2D eigenvalue weighted by Crippen LogP contribution is 2.32. The lowest BCUT2D eigenvalue weighted by Crippen LogP contribution is -2.01. The molecule has 11 heavy (non-hydrogen) atoms. The van der Waals surface area contributed by atoms with Crippen molar-refractivity contribution in [1.29, 1.82) is 0 Å². The van der Waals surface area contributed by atoms with E-state index in [1.54, 1.807) is 0 Å².